The van der Waals surface area contributed by atoms with Gasteiger partial charge in [0.1, 0.15) is 0 Å². The predicted molar refractivity (Wildman–Crippen MR) is 96.7 cm³/mol. The van der Waals surface area contributed by atoms with Crippen molar-refractivity contribution >= 4 is 43.1 Å². The molecule has 5 aromatic carbocycles. The zero-order chi connectivity index (χ0) is 14.7. The third kappa shape index (κ3) is 1.37. The minimum atomic E-state index is 1.32. The van der Waals surface area contributed by atoms with E-state index in [1.165, 1.54) is 48.7 Å². The van der Waals surface area contributed by atoms with E-state index in [1.807, 2.05) is 0 Å². The Morgan fingerprint density at radius 3 is 1.82 bits per heavy atom. The maximum absolute atomic E-state index is 2.27. The first-order valence-electron chi connectivity index (χ1n) is 7.76. The van der Waals surface area contributed by atoms with Gasteiger partial charge in [-0.15, -0.1) is 0 Å². The quantitative estimate of drug-likeness (QED) is 0.249. The average Bonchev–Trinajstić information content (AvgIpc) is 2.59. The lowest BCUT2D eigenvalue weighted by Gasteiger charge is -2.16. The van der Waals surface area contributed by atoms with Gasteiger partial charge < -0.3 is 0 Å². The van der Waals surface area contributed by atoms with Crippen molar-refractivity contribution < 1.29 is 0 Å². The SMILES string of the molecule is C[CH]c1ccc2cccc3c4cccc5cccc(c1c23)c54. The minimum Gasteiger partial charge on any atom is -0.0610 e. The summed E-state index contributed by atoms with van der Waals surface area (Å²) in [5, 5.41) is 10.9. The molecular weight excluding hydrogens is 264 g/mol. The van der Waals surface area contributed by atoms with E-state index in [-0.39, 0.29) is 0 Å². The molecule has 0 saturated heterocycles. The second kappa shape index (κ2) is 4.20. The summed E-state index contributed by atoms with van der Waals surface area (Å²) in [6.07, 6.45) is 2.22. The van der Waals surface area contributed by atoms with E-state index in [0.29, 0.717) is 0 Å². The van der Waals surface area contributed by atoms with Crippen molar-refractivity contribution in [1.29, 1.82) is 0 Å². The standard InChI is InChI=1S/C22H15/c1-2-14-12-13-16-8-4-10-18-17-9-3-6-15-7-5-11-19(20(15)17)21(14)22(16)18/h2-13H,1H3. The Labute approximate surface area is 129 Å². The van der Waals surface area contributed by atoms with Crippen LogP contribution in [0.15, 0.2) is 66.7 Å². The molecule has 5 rings (SSSR count). The summed E-state index contributed by atoms with van der Waals surface area (Å²) in [4.78, 5) is 0. The lowest BCUT2D eigenvalue weighted by molar-refractivity contribution is 1.47. The fourth-order valence-corrected chi connectivity index (χ4v) is 3.92. The molecule has 1 radical (unpaired) electrons. The zero-order valence-corrected chi connectivity index (χ0v) is 12.4. The Balaban J connectivity index is 2.28. The second-order valence-corrected chi connectivity index (χ2v) is 5.93. The van der Waals surface area contributed by atoms with E-state index in [0.717, 1.165) is 0 Å². The number of hydrogen-bond donors (Lipinski definition) is 0. The first kappa shape index (κ1) is 12.0. The molecule has 0 fully saturated rings. The summed E-state index contributed by atoms with van der Waals surface area (Å²) in [5.74, 6) is 0. The summed E-state index contributed by atoms with van der Waals surface area (Å²) in [6.45, 7) is 2.13. The molecule has 22 heavy (non-hydrogen) atoms. The molecule has 5 aromatic rings. The van der Waals surface area contributed by atoms with E-state index in [4.69, 9.17) is 0 Å². The molecule has 0 atom stereocenters. The van der Waals surface area contributed by atoms with Crippen molar-refractivity contribution in [1.82, 2.24) is 0 Å². The van der Waals surface area contributed by atoms with Crippen molar-refractivity contribution in [3.05, 3.63) is 78.7 Å². The first-order valence-corrected chi connectivity index (χ1v) is 7.76. The topological polar surface area (TPSA) is 0 Å². The van der Waals surface area contributed by atoms with Crippen molar-refractivity contribution in [3.8, 4) is 0 Å². The molecule has 0 aromatic heterocycles. The molecule has 0 aliphatic carbocycles. The highest BCUT2D eigenvalue weighted by Gasteiger charge is 2.14. The Morgan fingerprint density at radius 2 is 1.14 bits per heavy atom. The van der Waals surface area contributed by atoms with Crippen LogP contribution in [0.2, 0.25) is 0 Å². The summed E-state index contributed by atoms with van der Waals surface area (Å²) < 4.78 is 0. The number of benzene rings is 5. The molecule has 0 amide bonds. The van der Waals surface area contributed by atoms with Gasteiger partial charge in [0.15, 0.2) is 0 Å². The summed E-state index contributed by atoms with van der Waals surface area (Å²) in [6, 6.07) is 24.4. The molecule has 0 nitrogen and oxygen atoms in total. The largest absolute Gasteiger partial charge is 0.0610 e. The molecule has 0 N–H and O–H groups in total. The third-order valence-electron chi connectivity index (χ3n) is 4.85. The molecule has 0 heterocycles. The predicted octanol–water partition coefficient (Wildman–Crippen LogP) is 6.31. The van der Waals surface area contributed by atoms with Gasteiger partial charge in [0.25, 0.3) is 0 Å². The molecule has 0 aliphatic heterocycles. The first-order chi connectivity index (χ1) is 10.9. The maximum atomic E-state index is 2.27. The van der Waals surface area contributed by atoms with Gasteiger partial charge in [0, 0.05) is 0 Å². The Morgan fingerprint density at radius 1 is 0.545 bits per heavy atom. The Kier molecular flexibility index (Phi) is 2.29. The van der Waals surface area contributed by atoms with Crippen molar-refractivity contribution in [2.45, 2.75) is 6.92 Å². The smallest absolute Gasteiger partial charge is 0.00235 e. The lowest BCUT2D eigenvalue weighted by atomic mass is 9.87. The number of rotatable bonds is 1. The van der Waals surface area contributed by atoms with Crippen LogP contribution in [-0.4, -0.2) is 0 Å². The molecule has 0 bridgehead atoms. The van der Waals surface area contributed by atoms with Gasteiger partial charge in [-0.2, -0.15) is 0 Å². The van der Waals surface area contributed by atoms with Crippen LogP contribution < -0.4 is 0 Å². The van der Waals surface area contributed by atoms with Gasteiger partial charge in [0.2, 0.25) is 0 Å². The van der Waals surface area contributed by atoms with E-state index in [1.54, 1.807) is 0 Å². The van der Waals surface area contributed by atoms with Crippen LogP contribution in [0.25, 0.3) is 43.1 Å². The van der Waals surface area contributed by atoms with Crippen LogP contribution in [-0.2, 0) is 0 Å². The van der Waals surface area contributed by atoms with Crippen molar-refractivity contribution in [2.75, 3.05) is 0 Å². The van der Waals surface area contributed by atoms with Crippen LogP contribution >= 0.6 is 0 Å². The average molecular weight is 279 g/mol. The van der Waals surface area contributed by atoms with Crippen LogP contribution in [0.1, 0.15) is 12.5 Å². The highest BCUT2D eigenvalue weighted by Crippen LogP contribution is 2.41. The van der Waals surface area contributed by atoms with Gasteiger partial charge in [0.05, 0.1) is 0 Å². The van der Waals surface area contributed by atoms with Crippen LogP contribution in [0.5, 0.6) is 0 Å². The van der Waals surface area contributed by atoms with E-state index in [9.17, 15) is 0 Å². The molecule has 0 aliphatic rings. The van der Waals surface area contributed by atoms with Crippen LogP contribution in [0.3, 0.4) is 0 Å². The van der Waals surface area contributed by atoms with Crippen LogP contribution in [0.4, 0.5) is 0 Å². The third-order valence-corrected chi connectivity index (χ3v) is 4.85. The van der Waals surface area contributed by atoms with Gasteiger partial charge >= 0.3 is 0 Å². The van der Waals surface area contributed by atoms with Gasteiger partial charge in [-0.1, -0.05) is 73.7 Å². The summed E-state index contributed by atoms with van der Waals surface area (Å²) in [5.41, 5.74) is 1.32. The lowest BCUT2D eigenvalue weighted by Crippen LogP contribution is -1.90. The monoisotopic (exact) mass is 279 g/mol. The summed E-state index contributed by atoms with van der Waals surface area (Å²) in [7, 11) is 0. The molecular formula is C22H15. The zero-order valence-electron chi connectivity index (χ0n) is 12.4. The summed E-state index contributed by atoms with van der Waals surface area (Å²) >= 11 is 0. The van der Waals surface area contributed by atoms with Gasteiger partial charge in [-0.25, -0.2) is 0 Å². The number of fused-ring (bicyclic) bond motifs is 2. The Hall–Kier alpha value is -2.60. The van der Waals surface area contributed by atoms with E-state index >= 15 is 0 Å². The highest BCUT2D eigenvalue weighted by atomic mass is 14.2. The van der Waals surface area contributed by atoms with Gasteiger partial charge in [-0.05, 0) is 55.1 Å². The normalized spacial score (nSPS) is 12.0. The maximum Gasteiger partial charge on any atom is -0.00235 e. The van der Waals surface area contributed by atoms with Gasteiger partial charge in [-0.3, -0.25) is 0 Å². The van der Waals surface area contributed by atoms with Crippen LogP contribution in [0, 0.1) is 6.42 Å². The van der Waals surface area contributed by atoms with E-state index < -0.39 is 0 Å². The second-order valence-electron chi connectivity index (χ2n) is 5.93. The fraction of sp³-hybridized carbons (Fsp3) is 0.0455. The molecule has 0 spiro atoms. The number of hydrogen-bond acceptors (Lipinski definition) is 0. The molecule has 0 heteroatoms. The highest BCUT2D eigenvalue weighted by molar-refractivity contribution is 6.33. The minimum absolute atomic E-state index is 1.32. The molecule has 0 saturated carbocycles. The Bertz CT molecular complexity index is 1140. The van der Waals surface area contributed by atoms with Crippen molar-refractivity contribution in [2.24, 2.45) is 0 Å². The van der Waals surface area contributed by atoms with Crippen molar-refractivity contribution in [3.63, 3.8) is 0 Å². The van der Waals surface area contributed by atoms with E-state index in [2.05, 4.69) is 80.1 Å². The molecule has 103 valence electrons. The fourth-order valence-electron chi connectivity index (χ4n) is 3.92. The molecule has 0 unspecified atom stereocenters.